The Hall–Kier alpha value is -1.86. The van der Waals surface area contributed by atoms with Gasteiger partial charge in [-0.05, 0) is 48.7 Å². The Balaban J connectivity index is 1.65. The molecule has 0 amide bonds. The molecule has 2 aliphatic rings. The van der Waals surface area contributed by atoms with Crippen LogP contribution in [-0.4, -0.2) is 37.2 Å². The van der Waals surface area contributed by atoms with Crippen molar-refractivity contribution in [3.63, 3.8) is 0 Å². The van der Waals surface area contributed by atoms with Gasteiger partial charge in [-0.3, -0.25) is 4.99 Å². The van der Waals surface area contributed by atoms with Gasteiger partial charge in [-0.1, -0.05) is 36.0 Å². The topological polar surface area (TPSA) is 49.7 Å². The zero-order chi connectivity index (χ0) is 19.2. The van der Waals surface area contributed by atoms with Gasteiger partial charge < -0.3 is 4.90 Å². The van der Waals surface area contributed by atoms with Crippen molar-refractivity contribution in [3.05, 3.63) is 65.0 Å². The third-order valence-electron chi connectivity index (χ3n) is 5.19. The minimum Gasteiger partial charge on any atom is -0.315 e. The first-order valence-electron chi connectivity index (χ1n) is 8.85. The van der Waals surface area contributed by atoms with E-state index in [-0.39, 0.29) is 29.4 Å². The Kier molecular flexibility index (Phi) is 4.76. The average molecular weight is 405 g/mol. The van der Waals surface area contributed by atoms with Crippen molar-refractivity contribution in [1.29, 1.82) is 0 Å². The first kappa shape index (κ1) is 18.5. The smallest absolute Gasteiger partial charge is 0.164 e. The summed E-state index contributed by atoms with van der Waals surface area (Å²) < 4.78 is 38.2. The molecular formula is C20H21FN2O2S2. The Morgan fingerprint density at radius 2 is 1.93 bits per heavy atom. The van der Waals surface area contributed by atoms with E-state index >= 15 is 0 Å². The summed E-state index contributed by atoms with van der Waals surface area (Å²) in [7, 11) is -3.08. The first-order valence-corrected chi connectivity index (χ1v) is 11.7. The quantitative estimate of drug-likeness (QED) is 0.782. The molecule has 7 heteroatoms. The van der Waals surface area contributed by atoms with Gasteiger partial charge in [0, 0.05) is 11.4 Å². The van der Waals surface area contributed by atoms with E-state index in [9.17, 15) is 12.8 Å². The SMILES string of the molecule is Cc1ccc(N2C(SCc3ccccc3F)=NC3CS(=O)(=O)CC32)cc1C. The number of sulfone groups is 1. The fraction of sp³-hybridized carbons (Fsp3) is 0.350. The molecule has 27 heavy (non-hydrogen) atoms. The maximum atomic E-state index is 14.0. The van der Waals surface area contributed by atoms with Gasteiger partial charge in [0.05, 0.1) is 23.6 Å². The number of nitrogens with zero attached hydrogens (tertiary/aromatic N) is 2. The lowest BCUT2D eigenvalue weighted by molar-refractivity contribution is 0.601. The minimum atomic E-state index is -3.08. The number of halogens is 1. The summed E-state index contributed by atoms with van der Waals surface area (Å²) in [5.74, 6) is 0.420. The van der Waals surface area contributed by atoms with E-state index in [1.165, 1.54) is 23.4 Å². The highest BCUT2D eigenvalue weighted by Gasteiger charge is 2.47. The molecule has 2 unspecified atom stereocenters. The number of hydrogen-bond acceptors (Lipinski definition) is 5. The van der Waals surface area contributed by atoms with E-state index in [1.807, 2.05) is 36.9 Å². The summed E-state index contributed by atoms with van der Waals surface area (Å²) in [4.78, 5) is 6.74. The molecule has 142 valence electrons. The largest absolute Gasteiger partial charge is 0.315 e. The number of amidine groups is 1. The Morgan fingerprint density at radius 3 is 2.67 bits per heavy atom. The lowest BCUT2D eigenvalue weighted by Crippen LogP contribution is -2.39. The van der Waals surface area contributed by atoms with Crippen LogP contribution in [0.1, 0.15) is 16.7 Å². The molecule has 2 aromatic rings. The van der Waals surface area contributed by atoms with Gasteiger partial charge in [-0.15, -0.1) is 0 Å². The number of fused-ring (bicyclic) bond motifs is 1. The Morgan fingerprint density at radius 1 is 1.15 bits per heavy atom. The number of rotatable bonds is 3. The van der Waals surface area contributed by atoms with E-state index < -0.39 is 9.84 Å². The number of thioether (sulfide) groups is 1. The van der Waals surface area contributed by atoms with Crippen LogP contribution in [0.25, 0.3) is 0 Å². The molecular weight excluding hydrogens is 383 g/mol. The zero-order valence-corrected chi connectivity index (χ0v) is 16.9. The van der Waals surface area contributed by atoms with Crippen LogP contribution < -0.4 is 4.90 Å². The van der Waals surface area contributed by atoms with E-state index in [0.717, 1.165) is 16.4 Å². The molecule has 0 aromatic heterocycles. The van der Waals surface area contributed by atoms with Gasteiger partial charge in [-0.25, -0.2) is 12.8 Å². The van der Waals surface area contributed by atoms with Crippen molar-refractivity contribution >= 4 is 32.5 Å². The summed E-state index contributed by atoms with van der Waals surface area (Å²) in [6.07, 6.45) is 0. The highest BCUT2D eigenvalue weighted by atomic mass is 32.2. The van der Waals surface area contributed by atoms with Crippen LogP contribution in [0.2, 0.25) is 0 Å². The maximum Gasteiger partial charge on any atom is 0.164 e. The highest BCUT2D eigenvalue weighted by Crippen LogP contribution is 2.36. The van der Waals surface area contributed by atoms with Crippen LogP contribution in [0.4, 0.5) is 10.1 Å². The van der Waals surface area contributed by atoms with Gasteiger partial charge in [-0.2, -0.15) is 0 Å². The predicted octanol–water partition coefficient (Wildman–Crippen LogP) is 3.72. The van der Waals surface area contributed by atoms with E-state index in [0.29, 0.717) is 11.3 Å². The Labute approximate surface area is 163 Å². The summed E-state index contributed by atoms with van der Waals surface area (Å²) in [6, 6.07) is 12.4. The predicted molar refractivity (Wildman–Crippen MR) is 110 cm³/mol. The summed E-state index contributed by atoms with van der Waals surface area (Å²) in [5, 5.41) is 0.770. The highest BCUT2D eigenvalue weighted by molar-refractivity contribution is 8.13. The second-order valence-corrected chi connectivity index (χ2v) is 10.2. The number of benzene rings is 2. The van der Waals surface area contributed by atoms with Crippen LogP contribution in [-0.2, 0) is 15.6 Å². The van der Waals surface area contributed by atoms with E-state index in [1.54, 1.807) is 12.1 Å². The maximum absolute atomic E-state index is 14.0. The number of aryl methyl sites for hydroxylation is 2. The zero-order valence-electron chi connectivity index (χ0n) is 15.2. The molecule has 2 heterocycles. The number of anilines is 1. The Bertz CT molecular complexity index is 1020. The monoisotopic (exact) mass is 404 g/mol. The van der Waals surface area contributed by atoms with Gasteiger partial charge >= 0.3 is 0 Å². The lowest BCUT2D eigenvalue weighted by atomic mass is 10.1. The molecule has 2 atom stereocenters. The number of hydrogen-bond donors (Lipinski definition) is 0. The molecule has 0 radical (unpaired) electrons. The third kappa shape index (κ3) is 3.62. The molecule has 0 spiro atoms. The van der Waals surface area contributed by atoms with Gasteiger partial charge in [0.15, 0.2) is 15.0 Å². The minimum absolute atomic E-state index is 0.0861. The average Bonchev–Trinajstić information content (AvgIpc) is 3.08. The normalized spacial score (nSPS) is 23.4. The second-order valence-electron chi connectivity index (χ2n) is 7.14. The number of aliphatic imine (C=N–C) groups is 1. The van der Waals surface area contributed by atoms with Crippen molar-refractivity contribution in [2.45, 2.75) is 31.7 Å². The summed E-state index contributed by atoms with van der Waals surface area (Å²) >= 11 is 1.46. The molecule has 0 saturated carbocycles. The molecule has 1 saturated heterocycles. The molecule has 2 aromatic carbocycles. The van der Waals surface area contributed by atoms with Crippen LogP contribution in [0.5, 0.6) is 0 Å². The van der Waals surface area contributed by atoms with Crippen molar-refractivity contribution in [2.75, 3.05) is 16.4 Å². The van der Waals surface area contributed by atoms with Crippen molar-refractivity contribution in [3.8, 4) is 0 Å². The van der Waals surface area contributed by atoms with E-state index in [4.69, 9.17) is 4.99 Å². The van der Waals surface area contributed by atoms with Crippen molar-refractivity contribution in [1.82, 2.24) is 0 Å². The molecule has 4 rings (SSSR count). The first-order chi connectivity index (χ1) is 12.8. The van der Waals surface area contributed by atoms with Crippen LogP contribution in [0.3, 0.4) is 0 Å². The molecule has 0 N–H and O–H groups in total. The summed E-state index contributed by atoms with van der Waals surface area (Å²) in [6.45, 7) is 4.09. The van der Waals surface area contributed by atoms with Crippen molar-refractivity contribution < 1.29 is 12.8 Å². The fourth-order valence-corrected chi connectivity index (χ4v) is 6.52. The van der Waals surface area contributed by atoms with Gasteiger partial charge in [0.1, 0.15) is 5.82 Å². The van der Waals surface area contributed by atoms with Gasteiger partial charge in [0.25, 0.3) is 0 Å². The van der Waals surface area contributed by atoms with Gasteiger partial charge in [0.2, 0.25) is 0 Å². The second kappa shape index (κ2) is 6.95. The van der Waals surface area contributed by atoms with Crippen LogP contribution >= 0.6 is 11.8 Å². The summed E-state index contributed by atoms with van der Waals surface area (Å²) in [5.41, 5.74) is 3.90. The molecule has 4 nitrogen and oxygen atoms in total. The lowest BCUT2D eigenvalue weighted by Gasteiger charge is -2.27. The standard InChI is InChI=1S/C20H21FN2O2S2/c1-13-7-8-16(9-14(13)2)23-19-12-27(24,25)11-18(19)22-20(23)26-10-15-5-3-4-6-17(15)21/h3-9,18-19H,10-12H2,1-2H3. The van der Waals surface area contributed by atoms with Crippen LogP contribution in [0, 0.1) is 19.7 Å². The fourth-order valence-electron chi connectivity index (χ4n) is 3.57. The van der Waals surface area contributed by atoms with E-state index in [2.05, 4.69) is 6.07 Å². The van der Waals surface area contributed by atoms with Crippen molar-refractivity contribution in [2.24, 2.45) is 4.99 Å². The molecule has 1 fully saturated rings. The molecule has 2 aliphatic heterocycles. The van der Waals surface area contributed by atoms with Crippen LogP contribution in [0.15, 0.2) is 47.5 Å². The molecule has 0 aliphatic carbocycles. The molecule has 0 bridgehead atoms. The third-order valence-corrected chi connectivity index (χ3v) is 7.91.